The maximum atomic E-state index is 12.4. The highest BCUT2D eigenvalue weighted by Crippen LogP contribution is 2.21. The summed E-state index contributed by atoms with van der Waals surface area (Å²) in [5, 5.41) is 0. The van der Waals surface area contributed by atoms with Crippen LogP contribution in [0, 0.1) is 5.92 Å². The molecule has 0 spiro atoms. The minimum atomic E-state index is -0.513. The SMILES string of the molecule is CCCc1ccc(CC(=O)N2C(=O)OCC2C(C)C)cc1. The van der Waals surface area contributed by atoms with Crippen molar-refractivity contribution in [2.75, 3.05) is 6.61 Å². The lowest BCUT2D eigenvalue weighted by Crippen LogP contribution is -2.42. The third kappa shape index (κ3) is 3.63. The molecule has 0 saturated carbocycles. The van der Waals surface area contributed by atoms with E-state index in [1.165, 1.54) is 10.5 Å². The molecule has 1 aliphatic heterocycles. The Morgan fingerprint density at radius 2 is 1.90 bits per heavy atom. The van der Waals surface area contributed by atoms with Crippen LogP contribution in [0.5, 0.6) is 0 Å². The number of nitrogens with zero attached hydrogens (tertiary/aromatic N) is 1. The van der Waals surface area contributed by atoms with Crippen molar-refractivity contribution in [2.45, 2.75) is 46.1 Å². The molecule has 0 radical (unpaired) electrons. The molecule has 0 N–H and O–H groups in total. The maximum absolute atomic E-state index is 12.4. The molecule has 1 unspecified atom stereocenters. The zero-order valence-electron chi connectivity index (χ0n) is 13.0. The summed E-state index contributed by atoms with van der Waals surface area (Å²) in [6, 6.07) is 7.89. The van der Waals surface area contributed by atoms with Gasteiger partial charge < -0.3 is 4.74 Å². The van der Waals surface area contributed by atoms with Crippen molar-refractivity contribution < 1.29 is 14.3 Å². The van der Waals surface area contributed by atoms with Crippen LogP contribution in [-0.2, 0) is 22.4 Å². The molecular formula is C17H23NO3. The van der Waals surface area contributed by atoms with Crippen LogP contribution in [0.4, 0.5) is 4.79 Å². The third-order valence-electron chi connectivity index (χ3n) is 3.86. The lowest BCUT2D eigenvalue weighted by atomic mass is 10.0. The number of hydrogen-bond acceptors (Lipinski definition) is 3. The number of ether oxygens (including phenoxy) is 1. The van der Waals surface area contributed by atoms with Gasteiger partial charge in [0.2, 0.25) is 5.91 Å². The highest BCUT2D eigenvalue weighted by atomic mass is 16.6. The first kappa shape index (κ1) is 15.5. The van der Waals surface area contributed by atoms with E-state index < -0.39 is 6.09 Å². The third-order valence-corrected chi connectivity index (χ3v) is 3.86. The molecule has 0 aliphatic carbocycles. The van der Waals surface area contributed by atoms with Gasteiger partial charge in [-0.3, -0.25) is 4.79 Å². The molecule has 1 aromatic carbocycles. The van der Waals surface area contributed by atoms with Crippen LogP contribution in [0.15, 0.2) is 24.3 Å². The lowest BCUT2D eigenvalue weighted by Gasteiger charge is -2.22. The quantitative estimate of drug-likeness (QED) is 0.836. The summed E-state index contributed by atoms with van der Waals surface area (Å²) < 4.78 is 5.02. The summed E-state index contributed by atoms with van der Waals surface area (Å²) >= 11 is 0. The molecule has 4 heteroatoms. The first-order chi connectivity index (χ1) is 10.0. The van der Waals surface area contributed by atoms with Gasteiger partial charge in [-0.25, -0.2) is 9.69 Å². The second kappa shape index (κ2) is 6.74. The van der Waals surface area contributed by atoms with Crippen LogP contribution in [0.3, 0.4) is 0 Å². The zero-order valence-corrected chi connectivity index (χ0v) is 13.0. The molecule has 1 aliphatic rings. The molecule has 1 saturated heterocycles. The Kier molecular flexibility index (Phi) is 4.99. The number of carbonyl (C=O) groups is 2. The number of amides is 2. The molecule has 1 fully saturated rings. The summed E-state index contributed by atoms with van der Waals surface area (Å²) in [7, 11) is 0. The summed E-state index contributed by atoms with van der Waals surface area (Å²) in [4.78, 5) is 25.4. The first-order valence-electron chi connectivity index (χ1n) is 7.59. The topological polar surface area (TPSA) is 46.6 Å². The Hall–Kier alpha value is -1.84. The maximum Gasteiger partial charge on any atom is 0.416 e. The van der Waals surface area contributed by atoms with E-state index in [9.17, 15) is 9.59 Å². The van der Waals surface area contributed by atoms with Crippen molar-refractivity contribution in [3.8, 4) is 0 Å². The number of aryl methyl sites for hydroxylation is 1. The second-order valence-electron chi connectivity index (χ2n) is 5.90. The summed E-state index contributed by atoms with van der Waals surface area (Å²) in [5.74, 6) is 0.0202. The predicted molar refractivity (Wildman–Crippen MR) is 81.0 cm³/mol. The van der Waals surface area contributed by atoms with Crippen molar-refractivity contribution in [3.63, 3.8) is 0 Å². The Morgan fingerprint density at radius 1 is 1.29 bits per heavy atom. The number of cyclic esters (lactones) is 1. The van der Waals surface area contributed by atoms with E-state index >= 15 is 0 Å². The molecule has 1 heterocycles. The Morgan fingerprint density at radius 3 is 2.48 bits per heavy atom. The van der Waals surface area contributed by atoms with Crippen LogP contribution < -0.4 is 0 Å². The molecule has 1 atom stereocenters. The molecular weight excluding hydrogens is 266 g/mol. The highest BCUT2D eigenvalue weighted by Gasteiger charge is 2.39. The smallest absolute Gasteiger partial charge is 0.416 e. The van der Waals surface area contributed by atoms with Gasteiger partial charge in [0, 0.05) is 0 Å². The van der Waals surface area contributed by atoms with Gasteiger partial charge in [0.05, 0.1) is 12.5 Å². The van der Waals surface area contributed by atoms with Gasteiger partial charge in [-0.15, -0.1) is 0 Å². The van der Waals surface area contributed by atoms with E-state index in [-0.39, 0.29) is 24.3 Å². The van der Waals surface area contributed by atoms with E-state index in [2.05, 4.69) is 6.92 Å². The molecule has 2 rings (SSSR count). The number of hydrogen-bond donors (Lipinski definition) is 0. The molecule has 21 heavy (non-hydrogen) atoms. The van der Waals surface area contributed by atoms with Crippen molar-refractivity contribution in [1.82, 2.24) is 4.90 Å². The van der Waals surface area contributed by atoms with Crippen LogP contribution >= 0.6 is 0 Å². The van der Waals surface area contributed by atoms with E-state index in [4.69, 9.17) is 4.74 Å². The van der Waals surface area contributed by atoms with E-state index in [0.29, 0.717) is 6.61 Å². The van der Waals surface area contributed by atoms with Crippen molar-refractivity contribution in [2.24, 2.45) is 5.92 Å². The average Bonchev–Trinajstić information content (AvgIpc) is 2.83. The van der Waals surface area contributed by atoms with Crippen LogP contribution in [0.25, 0.3) is 0 Å². The van der Waals surface area contributed by atoms with Gasteiger partial charge in [0.15, 0.2) is 0 Å². The number of rotatable bonds is 5. The molecule has 1 aromatic rings. The monoisotopic (exact) mass is 289 g/mol. The first-order valence-corrected chi connectivity index (χ1v) is 7.59. The Labute approximate surface area is 126 Å². The summed E-state index contributed by atoms with van der Waals surface area (Å²) in [5.41, 5.74) is 2.20. The predicted octanol–water partition coefficient (Wildman–Crippen LogP) is 3.19. The van der Waals surface area contributed by atoms with E-state index in [0.717, 1.165) is 18.4 Å². The molecule has 0 aromatic heterocycles. The van der Waals surface area contributed by atoms with Gasteiger partial charge in [-0.2, -0.15) is 0 Å². The molecule has 114 valence electrons. The summed E-state index contributed by atoms with van der Waals surface area (Å²) in [6.45, 7) is 6.43. The second-order valence-corrected chi connectivity index (χ2v) is 5.90. The van der Waals surface area contributed by atoms with Crippen molar-refractivity contribution in [3.05, 3.63) is 35.4 Å². The van der Waals surface area contributed by atoms with Gasteiger partial charge >= 0.3 is 6.09 Å². The number of benzene rings is 1. The highest BCUT2D eigenvalue weighted by molar-refractivity contribution is 5.94. The van der Waals surface area contributed by atoms with Crippen LogP contribution in [0.2, 0.25) is 0 Å². The van der Waals surface area contributed by atoms with Gasteiger partial charge in [0.1, 0.15) is 6.61 Å². The summed E-state index contributed by atoms with van der Waals surface area (Å²) in [6.07, 6.45) is 1.88. The average molecular weight is 289 g/mol. The fraction of sp³-hybridized carbons (Fsp3) is 0.529. The number of carbonyl (C=O) groups excluding carboxylic acids is 2. The van der Waals surface area contributed by atoms with E-state index in [1.54, 1.807) is 0 Å². The zero-order chi connectivity index (χ0) is 15.4. The van der Waals surface area contributed by atoms with Gasteiger partial charge in [-0.05, 0) is 23.5 Å². The minimum absolute atomic E-state index is 0.149. The van der Waals surface area contributed by atoms with Crippen molar-refractivity contribution in [1.29, 1.82) is 0 Å². The van der Waals surface area contributed by atoms with Gasteiger partial charge in [-0.1, -0.05) is 51.5 Å². The molecule has 0 bridgehead atoms. The minimum Gasteiger partial charge on any atom is -0.447 e. The Bertz CT molecular complexity index is 507. The largest absolute Gasteiger partial charge is 0.447 e. The fourth-order valence-corrected chi connectivity index (χ4v) is 2.59. The lowest BCUT2D eigenvalue weighted by molar-refractivity contribution is -0.129. The molecule has 4 nitrogen and oxygen atoms in total. The Balaban J connectivity index is 2.04. The van der Waals surface area contributed by atoms with Crippen LogP contribution in [0.1, 0.15) is 38.3 Å². The number of imide groups is 1. The fourth-order valence-electron chi connectivity index (χ4n) is 2.59. The van der Waals surface area contributed by atoms with Crippen LogP contribution in [-0.4, -0.2) is 29.5 Å². The molecule has 2 amide bonds. The van der Waals surface area contributed by atoms with Crippen molar-refractivity contribution >= 4 is 12.0 Å². The van der Waals surface area contributed by atoms with Gasteiger partial charge in [0.25, 0.3) is 0 Å². The normalized spacial score (nSPS) is 18.2. The standard InChI is InChI=1S/C17H23NO3/c1-4-5-13-6-8-14(9-7-13)10-16(19)18-15(12(2)3)11-21-17(18)20/h6-9,12,15H,4-5,10-11H2,1-3H3. The van der Waals surface area contributed by atoms with E-state index in [1.807, 2.05) is 38.1 Å².